The highest BCUT2D eigenvalue weighted by atomic mass is 32.1. The van der Waals surface area contributed by atoms with Crippen molar-refractivity contribution < 1.29 is 9.59 Å². The quantitative estimate of drug-likeness (QED) is 0.724. The average Bonchev–Trinajstić information content (AvgIpc) is 3.21. The van der Waals surface area contributed by atoms with Crippen molar-refractivity contribution in [2.24, 2.45) is 0 Å². The van der Waals surface area contributed by atoms with Crippen molar-refractivity contribution in [1.29, 1.82) is 0 Å². The van der Waals surface area contributed by atoms with Crippen molar-refractivity contribution in [2.45, 2.75) is 31.1 Å². The van der Waals surface area contributed by atoms with Gasteiger partial charge in [0, 0.05) is 35.9 Å². The van der Waals surface area contributed by atoms with E-state index in [1.54, 1.807) is 6.07 Å². The van der Waals surface area contributed by atoms with Gasteiger partial charge in [-0.1, -0.05) is 30.3 Å². The molecular formula is C19H22N2O2S. The molecule has 1 fully saturated rings. The predicted molar refractivity (Wildman–Crippen MR) is 96.2 cm³/mol. The fraction of sp³-hybridized carbons (Fsp3) is 0.368. The van der Waals surface area contributed by atoms with Crippen molar-refractivity contribution in [3.63, 3.8) is 0 Å². The van der Waals surface area contributed by atoms with E-state index < -0.39 is 0 Å². The summed E-state index contributed by atoms with van der Waals surface area (Å²) in [5, 5.41) is 9.59. The summed E-state index contributed by atoms with van der Waals surface area (Å²) in [5.74, 6) is -0.0142. The third-order valence-electron chi connectivity index (χ3n) is 4.51. The van der Waals surface area contributed by atoms with Crippen LogP contribution in [-0.4, -0.2) is 24.9 Å². The molecule has 5 heteroatoms. The van der Waals surface area contributed by atoms with Crippen LogP contribution in [0.4, 0.5) is 0 Å². The molecule has 126 valence electrons. The molecule has 0 aliphatic heterocycles. The second kappa shape index (κ2) is 7.62. The molecule has 1 heterocycles. The molecule has 2 amide bonds. The van der Waals surface area contributed by atoms with Gasteiger partial charge in [-0.25, -0.2) is 0 Å². The number of hydrogen-bond acceptors (Lipinski definition) is 3. The lowest BCUT2D eigenvalue weighted by molar-refractivity contribution is -0.121. The summed E-state index contributed by atoms with van der Waals surface area (Å²) in [6.45, 7) is 1.23. The third-order valence-corrected chi connectivity index (χ3v) is 5.20. The number of amides is 2. The highest BCUT2D eigenvalue weighted by molar-refractivity contribution is 7.08. The minimum Gasteiger partial charge on any atom is -0.355 e. The van der Waals surface area contributed by atoms with E-state index in [0.717, 1.165) is 12.8 Å². The molecular weight excluding hydrogens is 320 g/mol. The van der Waals surface area contributed by atoms with Gasteiger partial charge in [0.1, 0.15) is 0 Å². The second-order valence-corrected chi connectivity index (χ2v) is 7.07. The Morgan fingerprint density at radius 3 is 2.54 bits per heavy atom. The fourth-order valence-electron chi connectivity index (χ4n) is 2.81. The Kier molecular flexibility index (Phi) is 5.30. The molecule has 1 aromatic heterocycles. The zero-order valence-electron chi connectivity index (χ0n) is 13.6. The Morgan fingerprint density at radius 2 is 1.88 bits per heavy atom. The van der Waals surface area contributed by atoms with Crippen LogP contribution in [0.2, 0.25) is 0 Å². The van der Waals surface area contributed by atoms with Gasteiger partial charge in [0.15, 0.2) is 0 Å². The van der Waals surface area contributed by atoms with Crippen LogP contribution in [0.5, 0.6) is 0 Å². The van der Waals surface area contributed by atoms with E-state index in [1.165, 1.54) is 16.9 Å². The summed E-state index contributed by atoms with van der Waals surface area (Å²) >= 11 is 1.50. The molecule has 2 N–H and O–H groups in total. The highest BCUT2D eigenvalue weighted by Crippen LogP contribution is 2.47. The van der Waals surface area contributed by atoms with Gasteiger partial charge in [0.25, 0.3) is 5.91 Å². The zero-order valence-corrected chi connectivity index (χ0v) is 14.4. The van der Waals surface area contributed by atoms with E-state index in [4.69, 9.17) is 0 Å². The normalized spacial score (nSPS) is 14.8. The summed E-state index contributed by atoms with van der Waals surface area (Å²) in [5.41, 5.74) is 2.14. The summed E-state index contributed by atoms with van der Waals surface area (Å²) in [7, 11) is 0. The molecule has 0 spiro atoms. The van der Waals surface area contributed by atoms with Gasteiger partial charge in [0.2, 0.25) is 5.91 Å². The van der Waals surface area contributed by atoms with Crippen molar-refractivity contribution in [3.05, 3.63) is 58.3 Å². The number of nitrogens with one attached hydrogen (secondary N) is 2. The number of carbonyl (C=O) groups is 2. The van der Waals surface area contributed by atoms with E-state index >= 15 is 0 Å². The minimum atomic E-state index is -0.0716. The van der Waals surface area contributed by atoms with Gasteiger partial charge < -0.3 is 10.6 Å². The first-order valence-corrected chi connectivity index (χ1v) is 9.27. The van der Waals surface area contributed by atoms with Gasteiger partial charge >= 0.3 is 0 Å². The van der Waals surface area contributed by atoms with Crippen LogP contribution in [0.3, 0.4) is 0 Å². The van der Waals surface area contributed by atoms with Crippen molar-refractivity contribution >= 4 is 23.2 Å². The maximum absolute atomic E-state index is 12.0. The Hall–Kier alpha value is -2.14. The lowest BCUT2D eigenvalue weighted by atomic mass is 9.96. The van der Waals surface area contributed by atoms with Crippen LogP contribution >= 0.6 is 11.3 Å². The van der Waals surface area contributed by atoms with Crippen LogP contribution in [0.1, 0.15) is 41.6 Å². The maximum atomic E-state index is 12.0. The standard InChI is InChI=1S/C19H22N2O2S/c22-17(7-4-11-20-18(23)15-8-12-24-13-15)21-14-19(9-10-19)16-5-2-1-3-6-16/h1-3,5-6,8,12-13H,4,7,9-11,14H2,(H,20,23)(H,21,22). The molecule has 0 saturated heterocycles. The second-order valence-electron chi connectivity index (χ2n) is 6.29. The lowest BCUT2D eigenvalue weighted by Gasteiger charge is -2.16. The molecule has 4 nitrogen and oxygen atoms in total. The first-order chi connectivity index (χ1) is 11.7. The predicted octanol–water partition coefficient (Wildman–Crippen LogP) is 3.11. The average molecular weight is 342 g/mol. The van der Waals surface area contributed by atoms with E-state index in [-0.39, 0.29) is 17.2 Å². The van der Waals surface area contributed by atoms with Gasteiger partial charge in [-0.05, 0) is 36.3 Å². The fourth-order valence-corrected chi connectivity index (χ4v) is 3.45. The Morgan fingerprint density at radius 1 is 1.08 bits per heavy atom. The number of benzene rings is 1. The molecule has 0 bridgehead atoms. The minimum absolute atomic E-state index is 0.0574. The SMILES string of the molecule is O=C(CCCNC(=O)c1ccsc1)NCC1(c2ccccc2)CC1. The molecule has 0 radical (unpaired) electrons. The van der Waals surface area contributed by atoms with E-state index in [9.17, 15) is 9.59 Å². The first kappa shape index (κ1) is 16.7. The Bertz CT molecular complexity index is 679. The maximum Gasteiger partial charge on any atom is 0.252 e. The largest absolute Gasteiger partial charge is 0.355 e. The Labute approximate surface area is 146 Å². The van der Waals surface area contributed by atoms with E-state index in [0.29, 0.717) is 31.5 Å². The summed E-state index contributed by atoms with van der Waals surface area (Å²) in [6.07, 6.45) is 3.36. The summed E-state index contributed by atoms with van der Waals surface area (Å²) in [6, 6.07) is 12.2. The zero-order chi connectivity index (χ0) is 16.8. The molecule has 1 aliphatic rings. The van der Waals surface area contributed by atoms with Crippen LogP contribution in [-0.2, 0) is 10.2 Å². The van der Waals surface area contributed by atoms with E-state index in [1.807, 2.05) is 29.0 Å². The van der Waals surface area contributed by atoms with Gasteiger partial charge in [-0.15, -0.1) is 0 Å². The molecule has 0 unspecified atom stereocenters. The first-order valence-electron chi connectivity index (χ1n) is 8.32. The molecule has 1 aliphatic carbocycles. The highest BCUT2D eigenvalue weighted by Gasteiger charge is 2.44. The third kappa shape index (κ3) is 4.23. The molecule has 1 saturated carbocycles. The van der Waals surface area contributed by atoms with Gasteiger partial charge in [-0.3, -0.25) is 9.59 Å². The lowest BCUT2D eigenvalue weighted by Crippen LogP contribution is -2.33. The Balaban J connectivity index is 1.34. The van der Waals surface area contributed by atoms with Crippen molar-refractivity contribution in [3.8, 4) is 0 Å². The van der Waals surface area contributed by atoms with Crippen LogP contribution in [0, 0.1) is 0 Å². The molecule has 24 heavy (non-hydrogen) atoms. The number of carbonyl (C=O) groups excluding carboxylic acids is 2. The summed E-state index contributed by atoms with van der Waals surface area (Å²) in [4.78, 5) is 23.8. The number of thiophene rings is 1. The molecule has 1 aromatic carbocycles. The number of rotatable bonds is 8. The monoisotopic (exact) mass is 342 g/mol. The van der Waals surface area contributed by atoms with Crippen molar-refractivity contribution in [1.82, 2.24) is 10.6 Å². The molecule has 2 aromatic rings. The van der Waals surface area contributed by atoms with Crippen LogP contribution < -0.4 is 10.6 Å². The van der Waals surface area contributed by atoms with Gasteiger partial charge in [-0.2, -0.15) is 11.3 Å². The summed E-state index contributed by atoms with van der Waals surface area (Å²) < 4.78 is 0. The smallest absolute Gasteiger partial charge is 0.252 e. The number of hydrogen-bond donors (Lipinski definition) is 2. The van der Waals surface area contributed by atoms with Crippen LogP contribution in [0.25, 0.3) is 0 Å². The van der Waals surface area contributed by atoms with E-state index in [2.05, 4.69) is 22.8 Å². The molecule has 0 atom stereocenters. The molecule has 3 rings (SSSR count). The topological polar surface area (TPSA) is 58.2 Å². The van der Waals surface area contributed by atoms with Gasteiger partial charge in [0.05, 0.1) is 0 Å². The van der Waals surface area contributed by atoms with Crippen LogP contribution in [0.15, 0.2) is 47.2 Å². The van der Waals surface area contributed by atoms with Crippen molar-refractivity contribution in [2.75, 3.05) is 13.1 Å².